The molecule has 2 unspecified atom stereocenters. The Morgan fingerprint density at radius 2 is 2.17 bits per heavy atom. The van der Waals surface area contributed by atoms with E-state index in [0.29, 0.717) is 32.2 Å². The number of nitrogens with zero attached hydrogens (tertiary/aromatic N) is 1. The van der Waals surface area contributed by atoms with Crippen molar-refractivity contribution in [2.24, 2.45) is 5.92 Å². The van der Waals surface area contributed by atoms with Gasteiger partial charge in [-0.2, -0.15) is 0 Å². The van der Waals surface area contributed by atoms with Gasteiger partial charge >= 0.3 is 0 Å². The fraction of sp³-hybridized carbons (Fsp3) is 1.00. The molecule has 2 rings (SSSR count). The Morgan fingerprint density at radius 1 is 1.33 bits per heavy atom. The minimum absolute atomic E-state index is 0.229. The SMILES string of the molecule is COCC1CCCN(S(=O)(=O)C2CCCNC2)C1. The van der Waals surface area contributed by atoms with Crippen molar-refractivity contribution in [1.82, 2.24) is 9.62 Å². The molecule has 0 saturated carbocycles. The zero-order chi connectivity index (χ0) is 13.0. The maximum atomic E-state index is 12.5. The van der Waals surface area contributed by atoms with E-state index in [-0.39, 0.29) is 5.25 Å². The van der Waals surface area contributed by atoms with E-state index in [9.17, 15) is 8.42 Å². The van der Waals surface area contributed by atoms with E-state index in [2.05, 4.69) is 5.32 Å². The van der Waals surface area contributed by atoms with Crippen molar-refractivity contribution >= 4 is 10.0 Å². The summed E-state index contributed by atoms with van der Waals surface area (Å²) in [4.78, 5) is 0. The van der Waals surface area contributed by atoms with Gasteiger partial charge in [0.1, 0.15) is 0 Å². The molecule has 18 heavy (non-hydrogen) atoms. The normalized spacial score (nSPS) is 31.4. The van der Waals surface area contributed by atoms with E-state index in [1.54, 1.807) is 11.4 Å². The molecule has 2 aliphatic rings. The summed E-state index contributed by atoms with van der Waals surface area (Å²) in [6.45, 7) is 3.52. The van der Waals surface area contributed by atoms with Crippen molar-refractivity contribution in [3.63, 3.8) is 0 Å². The molecule has 0 radical (unpaired) electrons. The molecule has 2 aliphatic heterocycles. The third-order valence-corrected chi connectivity index (χ3v) is 6.21. The average molecular weight is 276 g/mol. The highest BCUT2D eigenvalue weighted by Gasteiger charge is 2.35. The summed E-state index contributed by atoms with van der Waals surface area (Å²) < 4.78 is 31.9. The minimum Gasteiger partial charge on any atom is -0.384 e. The zero-order valence-electron chi connectivity index (χ0n) is 11.1. The van der Waals surface area contributed by atoms with Crippen LogP contribution in [0.4, 0.5) is 0 Å². The Bertz CT molecular complexity index is 350. The maximum absolute atomic E-state index is 12.5. The van der Waals surface area contributed by atoms with Crippen LogP contribution in [0.25, 0.3) is 0 Å². The molecule has 106 valence electrons. The first-order valence-corrected chi connectivity index (χ1v) is 8.33. The van der Waals surface area contributed by atoms with Crippen molar-refractivity contribution in [3.05, 3.63) is 0 Å². The van der Waals surface area contributed by atoms with Crippen LogP contribution in [0, 0.1) is 5.92 Å². The van der Waals surface area contributed by atoms with Crippen molar-refractivity contribution in [1.29, 1.82) is 0 Å². The predicted octanol–water partition coefficient (Wildman–Crippen LogP) is 0.427. The molecule has 0 aromatic carbocycles. The third kappa shape index (κ3) is 3.23. The van der Waals surface area contributed by atoms with E-state index in [1.165, 1.54) is 0 Å². The molecule has 0 bridgehead atoms. The summed E-state index contributed by atoms with van der Waals surface area (Å²) in [5.74, 6) is 0.357. The molecule has 0 spiro atoms. The molecule has 2 fully saturated rings. The van der Waals surface area contributed by atoms with Crippen LogP contribution in [0.2, 0.25) is 0 Å². The van der Waals surface area contributed by atoms with Gasteiger partial charge in [0.15, 0.2) is 0 Å². The van der Waals surface area contributed by atoms with E-state index in [4.69, 9.17) is 4.74 Å². The molecular weight excluding hydrogens is 252 g/mol. The lowest BCUT2D eigenvalue weighted by Gasteiger charge is -2.35. The van der Waals surface area contributed by atoms with Gasteiger partial charge in [-0.05, 0) is 38.1 Å². The summed E-state index contributed by atoms with van der Waals surface area (Å²) in [7, 11) is -1.44. The van der Waals surface area contributed by atoms with Crippen LogP contribution >= 0.6 is 0 Å². The standard InChI is InChI=1S/C12H24N2O3S/c1-17-10-11-4-3-7-14(9-11)18(15,16)12-5-2-6-13-8-12/h11-13H,2-10H2,1H3. The van der Waals surface area contributed by atoms with Gasteiger partial charge in [-0.1, -0.05) is 0 Å². The van der Waals surface area contributed by atoms with Crippen LogP contribution < -0.4 is 5.32 Å². The van der Waals surface area contributed by atoms with Crippen LogP contribution in [0.1, 0.15) is 25.7 Å². The van der Waals surface area contributed by atoms with Crippen LogP contribution in [0.5, 0.6) is 0 Å². The summed E-state index contributed by atoms with van der Waals surface area (Å²) in [6.07, 6.45) is 3.77. The molecule has 2 atom stereocenters. The lowest BCUT2D eigenvalue weighted by Crippen LogP contribution is -2.49. The predicted molar refractivity (Wildman–Crippen MR) is 71.0 cm³/mol. The summed E-state index contributed by atoms with van der Waals surface area (Å²) in [6, 6.07) is 0. The Labute approximate surface area is 110 Å². The Kier molecular flexibility index (Phi) is 5.00. The summed E-state index contributed by atoms with van der Waals surface area (Å²) in [5.41, 5.74) is 0. The van der Waals surface area contributed by atoms with Gasteiger partial charge in [-0.25, -0.2) is 12.7 Å². The minimum atomic E-state index is -3.12. The van der Waals surface area contributed by atoms with E-state index in [1.807, 2.05) is 0 Å². The van der Waals surface area contributed by atoms with Gasteiger partial charge in [0.25, 0.3) is 0 Å². The third-order valence-electron chi connectivity index (χ3n) is 3.92. The molecule has 0 amide bonds. The number of methoxy groups -OCH3 is 1. The fourth-order valence-electron chi connectivity index (χ4n) is 2.91. The first-order chi connectivity index (χ1) is 8.64. The summed E-state index contributed by atoms with van der Waals surface area (Å²) in [5, 5.41) is 2.96. The van der Waals surface area contributed by atoms with Crippen molar-refractivity contribution < 1.29 is 13.2 Å². The molecule has 1 N–H and O–H groups in total. The van der Waals surface area contributed by atoms with Gasteiger partial charge < -0.3 is 10.1 Å². The average Bonchev–Trinajstić information content (AvgIpc) is 2.40. The lowest BCUT2D eigenvalue weighted by atomic mass is 10.0. The van der Waals surface area contributed by atoms with Crippen LogP contribution in [-0.2, 0) is 14.8 Å². The highest BCUT2D eigenvalue weighted by atomic mass is 32.2. The highest BCUT2D eigenvalue weighted by Crippen LogP contribution is 2.23. The summed E-state index contributed by atoms with van der Waals surface area (Å²) >= 11 is 0. The van der Waals surface area contributed by atoms with Crippen LogP contribution in [0.3, 0.4) is 0 Å². The molecule has 6 heteroatoms. The molecule has 2 heterocycles. The second-order valence-electron chi connectivity index (χ2n) is 5.33. The van der Waals surface area contributed by atoms with Gasteiger partial charge in [0, 0.05) is 26.7 Å². The highest BCUT2D eigenvalue weighted by molar-refractivity contribution is 7.89. The van der Waals surface area contributed by atoms with Crippen molar-refractivity contribution in [2.45, 2.75) is 30.9 Å². The quantitative estimate of drug-likeness (QED) is 0.809. The van der Waals surface area contributed by atoms with Gasteiger partial charge in [0.05, 0.1) is 11.9 Å². The smallest absolute Gasteiger partial charge is 0.218 e. The first-order valence-electron chi connectivity index (χ1n) is 6.83. The van der Waals surface area contributed by atoms with Crippen LogP contribution in [0.15, 0.2) is 0 Å². The molecule has 0 aromatic heterocycles. The zero-order valence-corrected chi connectivity index (χ0v) is 11.9. The molecule has 5 nitrogen and oxygen atoms in total. The lowest BCUT2D eigenvalue weighted by molar-refractivity contribution is 0.118. The second-order valence-corrected chi connectivity index (χ2v) is 7.55. The van der Waals surface area contributed by atoms with E-state index < -0.39 is 10.0 Å². The molecule has 2 saturated heterocycles. The van der Waals surface area contributed by atoms with Crippen molar-refractivity contribution in [2.75, 3.05) is 39.9 Å². The van der Waals surface area contributed by atoms with Gasteiger partial charge in [0.2, 0.25) is 10.0 Å². The topological polar surface area (TPSA) is 58.6 Å². The number of hydrogen-bond donors (Lipinski definition) is 1. The number of rotatable bonds is 4. The van der Waals surface area contributed by atoms with E-state index >= 15 is 0 Å². The maximum Gasteiger partial charge on any atom is 0.218 e. The number of sulfonamides is 1. The fourth-order valence-corrected chi connectivity index (χ4v) is 4.93. The van der Waals surface area contributed by atoms with Gasteiger partial charge in [-0.3, -0.25) is 0 Å². The Balaban J connectivity index is 1.99. The van der Waals surface area contributed by atoms with Crippen LogP contribution in [-0.4, -0.2) is 57.9 Å². The van der Waals surface area contributed by atoms with Crippen molar-refractivity contribution in [3.8, 4) is 0 Å². The Hall–Kier alpha value is -0.170. The second kappa shape index (κ2) is 6.32. The Morgan fingerprint density at radius 3 is 2.83 bits per heavy atom. The molecular formula is C12H24N2O3S. The van der Waals surface area contributed by atoms with E-state index in [0.717, 1.165) is 32.2 Å². The monoisotopic (exact) mass is 276 g/mol. The number of hydrogen-bond acceptors (Lipinski definition) is 4. The number of nitrogens with one attached hydrogen (secondary N) is 1. The molecule has 0 aliphatic carbocycles. The first kappa shape index (κ1) is 14.2. The molecule has 0 aromatic rings. The largest absolute Gasteiger partial charge is 0.384 e. The number of ether oxygens (including phenoxy) is 1. The van der Waals surface area contributed by atoms with Gasteiger partial charge in [-0.15, -0.1) is 0 Å². The number of piperidine rings is 2.